The smallest absolute Gasteiger partial charge is 0.201 e. The van der Waals surface area contributed by atoms with E-state index >= 15 is 0 Å². The Labute approximate surface area is 121 Å². The molecule has 4 nitrogen and oxygen atoms in total. The van der Waals surface area contributed by atoms with Gasteiger partial charge in [-0.15, -0.1) is 11.3 Å². The molecule has 2 N–H and O–H groups in total. The number of hydrogen-bond acceptors (Lipinski definition) is 4. The zero-order chi connectivity index (χ0) is 13.6. The van der Waals surface area contributed by atoms with Crippen molar-refractivity contribution in [3.8, 4) is 0 Å². The largest absolute Gasteiger partial charge is 0.369 e. The van der Waals surface area contributed by atoms with Crippen molar-refractivity contribution in [1.82, 2.24) is 14.5 Å². The van der Waals surface area contributed by atoms with Crippen molar-refractivity contribution in [1.29, 1.82) is 0 Å². The number of anilines is 1. The number of benzene rings is 1. The van der Waals surface area contributed by atoms with Crippen molar-refractivity contribution in [3.63, 3.8) is 0 Å². The number of thiazole rings is 1. The maximum absolute atomic E-state index is 13.5. The van der Waals surface area contributed by atoms with Crippen LogP contribution in [0.1, 0.15) is 10.7 Å². The quantitative estimate of drug-likeness (QED) is 0.778. The maximum atomic E-state index is 13.5. The zero-order valence-corrected chi connectivity index (χ0v) is 12.4. The van der Waals surface area contributed by atoms with Crippen LogP contribution in [0.5, 0.6) is 0 Å². The van der Waals surface area contributed by atoms with Crippen LogP contribution in [-0.2, 0) is 6.54 Å². The number of nitrogen functional groups attached to an aromatic ring is 1. The molecule has 3 aromatic rings. The molecule has 2 heterocycles. The minimum atomic E-state index is -0.345. The van der Waals surface area contributed by atoms with Gasteiger partial charge in [-0.3, -0.25) is 0 Å². The van der Waals surface area contributed by atoms with E-state index in [0.717, 1.165) is 16.2 Å². The lowest BCUT2D eigenvalue weighted by atomic mass is 10.3. The second-order valence-electron chi connectivity index (χ2n) is 4.19. The van der Waals surface area contributed by atoms with Crippen LogP contribution >= 0.6 is 27.3 Å². The van der Waals surface area contributed by atoms with Crippen LogP contribution < -0.4 is 5.73 Å². The van der Waals surface area contributed by atoms with Gasteiger partial charge in [0.25, 0.3) is 0 Å². The number of imidazole rings is 1. The molecule has 19 heavy (non-hydrogen) atoms. The highest BCUT2D eigenvalue weighted by molar-refractivity contribution is 9.10. The highest BCUT2D eigenvalue weighted by Crippen LogP contribution is 2.26. The summed E-state index contributed by atoms with van der Waals surface area (Å²) in [5.74, 6) is 0.0163. The van der Waals surface area contributed by atoms with E-state index in [2.05, 4.69) is 25.9 Å². The molecule has 2 aromatic heterocycles. The zero-order valence-electron chi connectivity index (χ0n) is 10.0. The topological polar surface area (TPSA) is 56.7 Å². The van der Waals surface area contributed by atoms with Crippen molar-refractivity contribution < 1.29 is 4.39 Å². The number of fused-ring (bicyclic) bond motifs is 1. The van der Waals surface area contributed by atoms with Crippen molar-refractivity contribution in [2.24, 2.45) is 0 Å². The molecule has 0 spiro atoms. The van der Waals surface area contributed by atoms with Gasteiger partial charge in [0.15, 0.2) is 0 Å². The van der Waals surface area contributed by atoms with Crippen molar-refractivity contribution in [3.05, 3.63) is 38.5 Å². The predicted octanol–water partition coefficient (Wildman–Crippen LogP) is 3.33. The summed E-state index contributed by atoms with van der Waals surface area (Å²) in [4.78, 5) is 8.58. The van der Waals surface area contributed by atoms with Gasteiger partial charge in [-0.2, -0.15) is 0 Å². The highest BCUT2D eigenvalue weighted by atomic mass is 79.9. The Morgan fingerprint density at radius 2 is 2.21 bits per heavy atom. The molecule has 98 valence electrons. The molecule has 0 aliphatic carbocycles. The van der Waals surface area contributed by atoms with E-state index in [1.807, 2.05) is 16.9 Å². The Balaban J connectivity index is 2.12. The lowest BCUT2D eigenvalue weighted by molar-refractivity contribution is 0.622. The SMILES string of the molecule is Cc1csc(Cn2c(N)nc3cc(F)c(Br)cc32)n1. The number of nitrogens with two attached hydrogens (primary N) is 1. The third-order valence-corrected chi connectivity index (χ3v) is 4.34. The molecule has 7 heteroatoms. The van der Waals surface area contributed by atoms with Gasteiger partial charge < -0.3 is 10.3 Å². The fourth-order valence-corrected chi connectivity index (χ4v) is 3.01. The molecular formula is C12H10BrFN4S. The van der Waals surface area contributed by atoms with E-state index in [9.17, 15) is 4.39 Å². The summed E-state index contributed by atoms with van der Waals surface area (Å²) < 4.78 is 15.7. The van der Waals surface area contributed by atoms with Gasteiger partial charge in [-0.05, 0) is 28.9 Å². The average Bonchev–Trinajstić information content (AvgIpc) is 2.87. The van der Waals surface area contributed by atoms with Crippen molar-refractivity contribution in [2.45, 2.75) is 13.5 Å². The van der Waals surface area contributed by atoms with E-state index in [0.29, 0.717) is 22.5 Å². The Morgan fingerprint density at radius 1 is 1.42 bits per heavy atom. The van der Waals surface area contributed by atoms with E-state index < -0.39 is 0 Å². The molecule has 0 saturated carbocycles. The molecule has 0 aliphatic rings. The maximum Gasteiger partial charge on any atom is 0.201 e. The van der Waals surface area contributed by atoms with Gasteiger partial charge in [0.2, 0.25) is 5.95 Å². The molecule has 0 bridgehead atoms. The molecule has 0 radical (unpaired) electrons. The van der Waals surface area contributed by atoms with Gasteiger partial charge in [0, 0.05) is 17.1 Å². The first-order valence-corrected chi connectivity index (χ1v) is 7.23. The summed E-state index contributed by atoms with van der Waals surface area (Å²) in [7, 11) is 0. The van der Waals surface area contributed by atoms with Gasteiger partial charge in [0.05, 0.1) is 22.1 Å². The van der Waals surface area contributed by atoms with Crippen LogP contribution in [0.2, 0.25) is 0 Å². The van der Waals surface area contributed by atoms with Crippen LogP contribution in [0.25, 0.3) is 11.0 Å². The number of halogens is 2. The minimum Gasteiger partial charge on any atom is -0.369 e. The first-order valence-electron chi connectivity index (χ1n) is 5.56. The highest BCUT2D eigenvalue weighted by Gasteiger charge is 2.13. The lowest BCUT2D eigenvalue weighted by Gasteiger charge is -2.04. The van der Waals surface area contributed by atoms with Gasteiger partial charge in [0.1, 0.15) is 10.8 Å². The normalized spacial score (nSPS) is 11.3. The fourth-order valence-electron chi connectivity index (χ4n) is 1.92. The predicted molar refractivity (Wildman–Crippen MR) is 77.8 cm³/mol. The van der Waals surface area contributed by atoms with Crippen LogP contribution in [0, 0.1) is 12.7 Å². The number of aromatic nitrogens is 3. The van der Waals surface area contributed by atoms with Crippen molar-refractivity contribution in [2.75, 3.05) is 5.73 Å². The Kier molecular flexibility index (Phi) is 3.02. The second-order valence-corrected chi connectivity index (χ2v) is 5.99. The summed E-state index contributed by atoms with van der Waals surface area (Å²) in [5.41, 5.74) is 8.22. The van der Waals surface area contributed by atoms with Crippen LogP contribution in [0.3, 0.4) is 0 Å². The van der Waals surface area contributed by atoms with E-state index in [4.69, 9.17) is 5.73 Å². The van der Waals surface area contributed by atoms with Crippen LogP contribution in [0.4, 0.5) is 10.3 Å². The molecule has 0 aliphatic heterocycles. The Bertz CT molecular complexity index is 765. The number of aryl methyl sites for hydroxylation is 1. The molecule has 0 fully saturated rings. The van der Waals surface area contributed by atoms with Gasteiger partial charge in [-0.25, -0.2) is 14.4 Å². The summed E-state index contributed by atoms with van der Waals surface area (Å²) in [5, 5.41) is 2.93. The fraction of sp³-hybridized carbons (Fsp3) is 0.167. The molecule has 3 rings (SSSR count). The average molecular weight is 341 g/mol. The first kappa shape index (κ1) is 12.6. The summed E-state index contributed by atoms with van der Waals surface area (Å²) in [6.07, 6.45) is 0. The summed E-state index contributed by atoms with van der Waals surface area (Å²) in [6, 6.07) is 3.06. The number of nitrogens with zero attached hydrogens (tertiary/aromatic N) is 3. The molecule has 0 amide bonds. The molecule has 1 aromatic carbocycles. The van der Waals surface area contributed by atoms with E-state index in [1.165, 1.54) is 6.07 Å². The minimum absolute atomic E-state index is 0.345. The van der Waals surface area contributed by atoms with Crippen molar-refractivity contribution >= 4 is 44.2 Å². The van der Waals surface area contributed by atoms with Crippen LogP contribution in [-0.4, -0.2) is 14.5 Å². The molecule has 0 saturated heterocycles. The van der Waals surface area contributed by atoms with Crippen LogP contribution in [0.15, 0.2) is 22.0 Å². The second kappa shape index (κ2) is 4.57. The van der Waals surface area contributed by atoms with Gasteiger partial charge in [-0.1, -0.05) is 0 Å². The monoisotopic (exact) mass is 340 g/mol. The molecule has 0 atom stereocenters. The van der Waals surface area contributed by atoms with E-state index in [1.54, 1.807) is 17.4 Å². The van der Waals surface area contributed by atoms with E-state index in [-0.39, 0.29) is 5.82 Å². The first-order chi connectivity index (χ1) is 9.04. The third-order valence-electron chi connectivity index (χ3n) is 2.78. The molecular weight excluding hydrogens is 331 g/mol. The Morgan fingerprint density at radius 3 is 2.89 bits per heavy atom. The summed E-state index contributed by atoms with van der Waals surface area (Å²) >= 11 is 4.75. The number of rotatable bonds is 2. The lowest BCUT2D eigenvalue weighted by Crippen LogP contribution is -2.04. The van der Waals surface area contributed by atoms with Gasteiger partial charge >= 0.3 is 0 Å². The molecule has 0 unspecified atom stereocenters. The standard InChI is InChI=1S/C12H10BrFN4S/c1-6-5-19-11(16-6)4-18-10-2-7(13)8(14)3-9(10)17-12(18)15/h2-3,5H,4H2,1H3,(H2,15,17). The third kappa shape index (κ3) is 2.23. The Hall–Kier alpha value is -1.47. The summed E-state index contributed by atoms with van der Waals surface area (Å²) in [6.45, 7) is 2.49. The number of hydrogen-bond donors (Lipinski definition) is 1.